The summed E-state index contributed by atoms with van der Waals surface area (Å²) < 4.78 is 24.3. The highest BCUT2D eigenvalue weighted by atomic mass is 32.2. The van der Waals surface area contributed by atoms with Crippen LogP contribution in [0.15, 0.2) is 0 Å². The molecule has 5 heteroatoms. The van der Waals surface area contributed by atoms with E-state index in [1.165, 1.54) is 19.1 Å². The summed E-state index contributed by atoms with van der Waals surface area (Å²) in [6.07, 6.45) is 5.64. The highest BCUT2D eigenvalue weighted by Gasteiger charge is 2.24. The van der Waals surface area contributed by atoms with Gasteiger partial charge in [0.1, 0.15) is 0 Å². The van der Waals surface area contributed by atoms with Crippen LogP contribution in [0.2, 0.25) is 0 Å². The summed E-state index contributed by atoms with van der Waals surface area (Å²) in [5.41, 5.74) is 0. The normalized spacial score (nSPS) is 20.0. The molecule has 0 spiro atoms. The maximum absolute atomic E-state index is 11.3. The summed E-state index contributed by atoms with van der Waals surface area (Å²) in [5, 5.41) is 3.53. The molecule has 102 valence electrons. The molecule has 1 fully saturated rings. The third-order valence-electron chi connectivity index (χ3n) is 3.31. The molecule has 1 saturated heterocycles. The van der Waals surface area contributed by atoms with Crippen molar-refractivity contribution in [2.45, 2.75) is 45.6 Å². The number of hydrogen-bond donors (Lipinski definition) is 1. The van der Waals surface area contributed by atoms with Gasteiger partial charge in [0.25, 0.3) is 0 Å². The number of piperidine rings is 1. The Labute approximate surface area is 106 Å². The first-order chi connectivity index (χ1) is 7.89. The van der Waals surface area contributed by atoms with Crippen LogP contribution < -0.4 is 5.32 Å². The third kappa shape index (κ3) is 5.84. The topological polar surface area (TPSA) is 49.4 Å². The summed E-state index contributed by atoms with van der Waals surface area (Å²) in [5.74, 6) is 0.767. The molecule has 4 nitrogen and oxygen atoms in total. The first kappa shape index (κ1) is 14.9. The Morgan fingerprint density at radius 3 is 2.35 bits per heavy atom. The quantitative estimate of drug-likeness (QED) is 0.737. The molecule has 0 aromatic heterocycles. The van der Waals surface area contributed by atoms with Crippen LogP contribution in [-0.4, -0.2) is 44.7 Å². The maximum Gasteiger partial charge on any atom is 0.211 e. The Morgan fingerprint density at radius 2 is 1.88 bits per heavy atom. The van der Waals surface area contributed by atoms with E-state index in [4.69, 9.17) is 0 Å². The van der Waals surface area contributed by atoms with E-state index in [2.05, 4.69) is 19.2 Å². The van der Waals surface area contributed by atoms with Gasteiger partial charge in [-0.05, 0) is 38.1 Å². The lowest BCUT2D eigenvalue weighted by atomic mass is 10.1. The van der Waals surface area contributed by atoms with Gasteiger partial charge in [0, 0.05) is 19.1 Å². The van der Waals surface area contributed by atoms with Crippen molar-refractivity contribution in [3.05, 3.63) is 0 Å². The summed E-state index contributed by atoms with van der Waals surface area (Å²) in [4.78, 5) is 0. The van der Waals surface area contributed by atoms with Crippen LogP contribution in [0.5, 0.6) is 0 Å². The van der Waals surface area contributed by atoms with Crippen LogP contribution >= 0.6 is 0 Å². The molecule has 1 rings (SSSR count). The highest BCUT2D eigenvalue weighted by molar-refractivity contribution is 7.88. The minimum absolute atomic E-state index is 0.500. The number of rotatable bonds is 6. The van der Waals surface area contributed by atoms with E-state index in [0.717, 1.165) is 25.3 Å². The van der Waals surface area contributed by atoms with Crippen LogP contribution in [0.1, 0.15) is 39.5 Å². The Bertz CT molecular complexity index is 306. The van der Waals surface area contributed by atoms with Crippen LogP contribution in [0, 0.1) is 5.92 Å². The van der Waals surface area contributed by atoms with E-state index in [1.54, 1.807) is 4.31 Å². The van der Waals surface area contributed by atoms with E-state index in [1.807, 2.05) is 0 Å². The van der Waals surface area contributed by atoms with Crippen molar-refractivity contribution in [1.29, 1.82) is 0 Å². The molecule has 0 radical (unpaired) electrons. The zero-order valence-corrected chi connectivity index (χ0v) is 12.1. The molecular weight excluding hydrogens is 236 g/mol. The van der Waals surface area contributed by atoms with E-state index < -0.39 is 10.0 Å². The second-order valence-corrected chi connectivity index (χ2v) is 7.41. The predicted molar refractivity (Wildman–Crippen MR) is 71.5 cm³/mol. The van der Waals surface area contributed by atoms with Crippen molar-refractivity contribution >= 4 is 10.0 Å². The van der Waals surface area contributed by atoms with E-state index in [-0.39, 0.29) is 0 Å². The zero-order valence-electron chi connectivity index (χ0n) is 11.3. The van der Waals surface area contributed by atoms with Crippen molar-refractivity contribution in [2.75, 3.05) is 25.9 Å². The van der Waals surface area contributed by atoms with Gasteiger partial charge < -0.3 is 5.32 Å². The molecule has 0 unspecified atom stereocenters. The van der Waals surface area contributed by atoms with Crippen molar-refractivity contribution in [3.8, 4) is 0 Å². The maximum atomic E-state index is 11.3. The van der Waals surface area contributed by atoms with Gasteiger partial charge in [-0.3, -0.25) is 0 Å². The fourth-order valence-corrected chi connectivity index (χ4v) is 3.08. The first-order valence-corrected chi connectivity index (χ1v) is 8.43. The van der Waals surface area contributed by atoms with Crippen molar-refractivity contribution < 1.29 is 8.42 Å². The average molecular weight is 262 g/mol. The predicted octanol–water partition coefficient (Wildman–Crippen LogP) is 1.44. The van der Waals surface area contributed by atoms with Crippen molar-refractivity contribution in [3.63, 3.8) is 0 Å². The Hall–Kier alpha value is -0.130. The van der Waals surface area contributed by atoms with Gasteiger partial charge in [-0.15, -0.1) is 0 Å². The smallest absolute Gasteiger partial charge is 0.211 e. The number of nitrogens with one attached hydrogen (secondary N) is 1. The molecule has 0 bridgehead atoms. The molecule has 0 aliphatic carbocycles. The van der Waals surface area contributed by atoms with Gasteiger partial charge in [-0.2, -0.15) is 0 Å². The van der Waals surface area contributed by atoms with Crippen LogP contribution in [-0.2, 0) is 10.0 Å². The minimum atomic E-state index is -2.98. The van der Waals surface area contributed by atoms with Gasteiger partial charge in [0.2, 0.25) is 10.0 Å². The number of sulfonamides is 1. The standard InChI is InChI=1S/C12H26N2O2S/c1-11(2)5-4-8-13-12-6-9-14(10-7-12)17(3,15)16/h11-13H,4-10H2,1-3H3. The molecule has 0 atom stereocenters. The average Bonchev–Trinajstić information content (AvgIpc) is 2.23. The second kappa shape index (κ2) is 6.71. The molecule has 1 heterocycles. The van der Waals surface area contributed by atoms with Crippen LogP contribution in [0.4, 0.5) is 0 Å². The summed E-state index contributed by atoms with van der Waals surface area (Å²) in [6.45, 7) is 6.87. The third-order valence-corrected chi connectivity index (χ3v) is 4.62. The fourth-order valence-electron chi connectivity index (χ4n) is 2.21. The molecule has 1 N–H and O–H groups in total. The largest absolute Gasteiger partial charge is 0.314 e. The second-order valence-electron chi connectivity index (χ2n) is 5.43. The Kier molecular flexibility index (Phi) is 5.89. The first-order valence-electron chi connectivity index (χ1n) is 6.58. The van der Waals surface area contributed by atoms with E-state index >= 15 is 0 Å². The lowest BCUT2D eigenvalue weighted by Gasteiger charge is -2.30. The molecule has 0 saturated carbocycles. The lowest BCUT2D eigenvalue weighted by molar-refractivity contribution is 0.289. The van der Waals surface area contributed by atoms with Gasteiger partial charge in [-0.1, -0.05) is 13.8 Å². The monoisotopic (exact) mass is 262 g/mol. The van der Waals surface area contributed by atoms with Gasteiger partial charge in [0.05, 0.1) is 6.26 Å². The molecule has 1 aliphatic heterocycles. The van der Waals surface area contributed by atoms with Crippen LogP contribution in [0.25, 0.3) is 0 Å². The fraction of sp³-hybridized carbons (Fsp3) is 1.00. The summed E-state index contributed by atoms with van der Waals surface area (Å²) in [7, 11) is -2.98. The Morgan fingerprint density at radius 1 is 1.29 bits per heavy atom. The van der Waals surface area contributed by atoms with Gasteiger partial charge in [0.15, 0.2) is 0 Å². The van der Waals surface area contributed by atoms with Gasteiger partial charge >= 0.3 is 0 Å². The van der Waals surface area contributed by atoms with Gasteiger partial charge in [-0.25, -0.2) is 12.7 Å². The molecule has 0 aromatic carbocycles. The Balaban J connectivity index is 2.15. The number of nitrogens with zero attached hydrogens (tertiary/aromatic N) is 1. The molecule has 0 amide bonds. The molecule has 0 aromatic rings. The summed E-state index contributed by atoms with van der Waals surface area (Å²) in [6, 6.07) is 0.500. The van der Waals surface area contributed by atoms with Crippen LogP contribution in [0.3, 0.4) is 0 Å². The lowest BCUT2D eigenvalue weighted by Crippen LogP contribution is -2.44. The van der Waals surface area contributed by atoms with Crippen molar-refractivity contribution in [2.24, 2.45) is 5.92 Å². The molecule has 17 heavy (non-hydrogen) atoms. The minimum Gasteiger partial charge on any atom is -0.314 e. The summed E-state index contributed by atoms with van der Waals surface area (Å²) >= 11 is 0. The van der Waals surface area contributed by atoms with Crippen molar-refractivity contribution in [1.82, 2.24) is 9.62 Å². The molecular formula is C12H26N2O2S. The van der Waals surface area contributed by atoms with E-state index in [9.17, 15) is 8.42 Å². The van der Waals surface area contributed by atoms with E-state index in [0.29, 0.717) is 19.1 Å². The molecule has 1 aliphatic rings. The zero-order chi connectivity index (χ0) is 12.9. The number of hydrogen-bond acceptors (Lipinski definition) is 3. The highest BCUT2D eigenvalue weighted by Crippen LogP contribution is 2.13. The SMILES string of the molecule is CC(C)CCCNC1CCN(S(C)(=O)=O)CC1.